The van der Waals surface area contributed by atoms with Crippen molar-refractivity contribution >= 4 is 39.3 Å². The van der Waals surface area contributed by atoms with Gasteiger partial charge in [0.1, 0.15) is 24.3 Å². The number of aliphatic carboxylic acids is 1. The van der Waals surface area contributed by atoms with E-state index in [1.54, 1.807) is 21.6 Å². The number of unbranched alkanes of at least 4 members (excludes halogenated alkanes) is 2. The first kappa shape index (κ1) is 25.6. The van der Waals surface area contributed by atoms with E-state index in [4.69, 9.17) is 20.6 Å². The lowest BCUT2D eigenvalue weighted by atomic mass is 10.2. The summed E-state index contributed by atoms with van der Waals surface area (Å²) >= 11 is 0. The number of aliphatic hydroxyl groups is 1. The molecule has 0 aromatic carbocycles. The number of carbonyl (C=O) groups is 2. The highest BCUT2D eigenvalue weighted by atomic mass is 33.1. The van der Waals surface area contributed by atoms with Crippen LogP contribution < -0.4 is 16.9 Å². The molecule has 0 bridgehead atoms. The molecule has 1 aliphatic heterocycles. The summed E-state index contributed by atoms with van der Waals surface area (Å²) < 4.78 is 6.83. The molecule has 1 fully saturated rings. The average Bonchev–Trinajstić information content (AvgIpc) is 3.15. The number of ether oxygens (including phenoxy) is 1. The Labute approximate surface area is 187 Å². The third-order valence-electron chi connectivity index (χ3n) is 4.56. The molecule has 2 rings (SSSR count). The third-order valence-corrected chi connectivity index (χ3v) is 7.05. The van der Waals surface area contributed by atoms with E-state index in [-0.39, 0.29) is 31.2 Å². The Morgan fingerprint density at radius 2 is 2.06 bits per heavy atom. The van der Waals surface area contributed by atoms with Crippen molar-refractivity contribution in [3.63, 3.8) is 0 Å². The van der Waals surface area contributed by atoms with Crippen LogP contribution in [0.2, 0.25) is 0 Å². The molecular weight excluding hydrogens is 448 g/mol. The van der Waals surface area contributed by atoms with E-state index in [0.29, 0.717) is 18.6 Å². The molecule has 1 aromatic rings. The molecule has 5 N–H and O–H groups in total. The van der Waals surface area contributed by atoms with Gasteiger partial charge < -0.3 is 20.3 Å². The van der Waals surface area contributed by atoms with E-state index in [1.165, 1.54) is 16.8 Å². The van der Waals surface area contributed by atoms with Crippen LogP contribution in [0.15, 0.2) is 17.1 Å². The molecule has 11 nitrogen and oxygen atoms in total. The molecular formula is C18H28N4O7S2. The molecule has 3 unspecified atom stereocenters. The van der Waals surface area contributed by atoms with E-state index in [1.807, 2.05) is 0 Å². The van der Waals surface area contributed by atoms with Crippen molar-refractivity contribution in [1.29, 1.82) is 0 Å². The van der Waals surface area contributed by atoms with Crippen molar-refractivity contribution in [3.8, 4) is 0 Å². The second-order valence-corrected chi connectivity index (χ2v) is 9.57. The van der Waals surface area contributed by atoms with E-state index < -0.39 is 30.1 Å². The number of carboxylic acid groups (broad SMARTS) is 1. The molecule has 174 valence electrons. The zero-order chi connectivity index (χ0) is 22.6. The van der Waals surface area contributed by atoms with E-state index in [9.17, 15) is 19.5 Å². The van der Waals surface area contributed by atoms with Gasteiger partial charge in [-0.15, -0.1) is 0 Å². The SMILES string of the molecule is NOC1CC(n2ccc(NC(=O)CCSSCCCCCC(=O)O)nc2=O)OC1CO. The molecule has 0 radical (unpaired) electrons. The van der Waals surface area contributed by atoms with Gasteiger partial charge in [0.25, 0.3) is 0 Å². The Balaban J connectivity index is 1.68. The minimum Gasteiger partial charge on any atom is -0.481 e. The van der Waals surface area contributed by atoms with Crippen LogP contribution in [-0.4, -0.2) is 62.0 Å². The maximum atomic E-state index is 12.3. The summed E-state index contributed by atoms with van der Waals surface area (Å²) in [6.45, 7) is -0.282. The van der Waals surface area contributed by atoms with E-state index in [2.05, 4.69) is 10.3 Å². The van der Waals surface area contributed by atoms with Gasteiger partial charge in [0.05, 0.1) is 6.61 Å². The Morgan fingerprint density at radius 3 is 2.71 bits per heavy atom. The summed E-state index contributed by atoms with van der Waals surface area (Å²) in [5.41, 5.74) is -0.593. The average molecular weight is 477 g/mol. The number of hydrogen-bond acceptors (Lipinski definition) is 10. The zero-order valence-electron chi connectivity index (χ0n) is 17.0. The van der Waals surface area contributed by atoms with E-state index >= 15 is 0 Å². The zero-order valence-corrected chi connectivity index (χ0v) is 18.6. The molecule has 0 saturated carbocycles. The number of nitrogens with zero attached hydrogens (tertiary/aromatic N) is 2. The molecule has 3 atom stereocenters. The molecule has 2 heterocycles. The molecule has 1 saturated heterocycles. The minimum atomic E-state index is -0.767. The van der Waals surface area contributed by atoms with Crippen LogP contribution >= 0.6 is 21.6 Å². The van der Waals surface area contributed by atoms with Gasteiger partial charge in [0, 0.05) is 37.0 Å². The molecule has 1 amide bonds. The number of rotatable bonds is 14. The van der Waals surface area contributed by atoms with Crippen molar-refractivity contribution in [3.05, 3.63) is 22.7 Å². The Hall–Kier alpha value is -1.64. The normalized spacial score (nSPS) is 20.6. The highest BCUT2D eigenvalue weighted by molar-refractivity contribution is 8.76. The standard InChI is InChI=1S/C18H28N4O7S2/c19-29-12-10-16(28-13(12)11-23)22-7-5-14(21-18(22)27)20-15(24)6-9-31-30-8-3-1-2-4-17(25)26/h5,7,12-13,16,23H,1-4,6,8-11,19H2,(H,25,26)(H,20,21,24,27). The fourth-order valence-electron chi connectivity index (χ4n) is 2.95. The quantitative estimate of drug-likeness (QED) is 0.173. The summed E-state index contributed by atoms with van der Waals surface area (Å²) in [6.07, 6.45) is 2.95. The maximum Gasteiger partial charge on any atom is 0.351 e. The molecule has 31 heavy (non-hydrogen) atoms. The topological polar surface area (TPSA) is 166 Å². The fourth-order valence-corrected chi connectivity index (χ4v) is 5.09. The van der Waals surface area contributed by atoms with Crippen LogP contribution in [0.1, 0.15) is 44.8 Å². The van der Waals surface area contributed by atoms with Gasteiger partial charge in [-0.3, -0.25) is 19.0 Å². The Bertz CT molecular complexity index is 768. The predicted molar refractivity (Wildman–Crippen MR) is 117 cm³/mol. The molecule has 0 aliphatic carbocycles. The highest BCUT2D eigenvalue weighted by Crippen LogP contribution is 2.29. The van der Waals surface area contributed by atoms with Gasteiger partial charge in [-0.1, -0.05) is 28.0 Å². The summed E-state index contributed by atoms with van der Waals surface area (Å²) in [4.78, 5) is 43.4. The smallest absolute Gasteiger partial charge is 0.351 e. The molecule has 0 spiro atoms. The van der Waals surface area contributed by atoms with Crippen LogP contribution in [0, 0.1) is 0 Å². The van der Waals surface area contributed by atoms with Gasteiger partial charge in [-0.25, -0.2) is 10.7 Å². The van der Waals surface area contributed by atoms with Crippen molar-refractivity contribution in [2.24, 2.45) is 5.90 Å². The second-order valence-electron chi connectivity index (χ2n) is 6.87. The van der Waals surface area contributed by atoms with Crippen LogP contribution in [0.5, 0.6) is 0 Å². The van der Waals surface area contributed by atoms with Crippen molar-refractivity contribution < 1.29 is 29.4 Å². The van der Waals surface area contributed by atoms with Gasteiger partial charge >= 0.3 is 11.7 Å². The molecule has 13 heteroatoms. The van der Waals surface area contributed by atoms with E-state index in [0.717, 1.165) is 18.6 Å². The summed E-state index contributed by atoms with van der Waals surface area (Å²) in [5, 5.41) is 20.5. The number of nitrogens with two attached hydrogens (primary N) is 1. The second kappa shape index (κ2) is 13.7. The number of anilines is 1. The summed E-state index contributed by atoms with van der Waals surface area (Å²) in [6, 6.07) is 1.51. The van der Waals surface area contributed by atoms with Crippen molar-refractivity contribution in [1.82, 2.24) is 9.55 Å². The van der Waals surface area contributed by atoms with Crippen molar-refractivity contribution in [2.45, 2.75) is 57.0 Å². The number of amides is 1. The fraction of sp³-hybridized carbons (Fsp3) is 0.667. The number of aliphatic hydroxyl groups excluding tert-OH is 1. The Morgan fingerprint density at radius 1 is 1.29 bits per heavy atom. The number of aromatic nitrogens is 2. The largest absolute Gasteiger partial charge is 0.481 e. The van der Waals surface area contributed by atoms with Crippen LogP contribution in [-0.2, 0) is 19.2 Å². The lowest BCUT2D eigenvalue weighted by molar-refractivity contribution is -0.137. The Kier molecular flexibility index (Phi) is 11.3. The van der Waals surface area contributed by atoms with Crippen LogP contribution in [0.25, 0.3) is 0 Å². The number of nitrogens with one attached hydrogen (secondary N) is 1. The monoisotopic (exact) mass is 476 g/mol. The predicted octanol–water partition coefficient (Wildman–Crippen LogP) is 1.14. The van der Waals surface area contributed by atoms with Gasteiger partial charge in [-0.05, 0) is 18.9 Å². The third kappa shape index (κ3) is 8.79. The van der Waals surface area contributed by atoms with Crippen molar-refractivity contribution in [2.75, 3.05) is 23.4 Å². The summed E-state index contributed by atoms with van der Waals surface area (Å²) in [5.74, 6) is 5.86. The highest BCUT2D eigenvalue weighted by Gasteiger charge is 2.37. The molecule has 1 aliphatic rings. The van der Waals surface area contributed by atoms with Crippen LogP contribution in [0.3, 0.4) is 0 Å². The first-order valence-electron chi connectivity index (χ1n) is 9.91. The van der Waals surface area contributed by atoms with Gasteiger partial charge in [-0.2, -0.15) is 4.98 Å². The van der Waals surface area contributed by atoms with Crippen LogP contribution in [0.4, 0.5) is 5.82 Å². The number of carbonyl (C=O) groups excluding carboxylic acids is 1. The number of carboxylic acids is 1. The summed E-state index contributed by atoms with van der Waals surface area (Å²) in [7, 11) is 3.23. The first-order chi connectivity index (χ1) is 14.9. The maximum absolute atomic E-state index is 12.3. The van der Waals surface area contributed by atoms with Gasteiger partial charge in [0.2, 0.25) is 5.91 Å². The number of hydrogen-bond donors (Lipinski definition) is 4. The van der Waals surface area contributed by atoms with Gasteiger partial charge in [0.15, 0.2) is 0 Å². The minimum absolute atomic E-state index is 0.158. The first-order valence-corrected chi connectivity index (χ1v) is 12.4. The lowest BCUT2D eigenvalue weighted by Gasteiger charge is -2.14. The lowest BCUT2D eigenvalue weighted by Crippen LogP contribution is -2.30. The molecule has 1 aromatic heterocycles.